The lowest BCUT2D eigenvalue weighted by atomic mass is 10.00. The average Bonchev–Trinajstić information content (AvgIpc) is 3.07. The van der Waals surface area contributed by atoms with E-state index in [1.807, 2.05) is 24.3 Å². The fourth-order valence-electron chi connectivity index (χ4n) is 3.95. The van der Waals surface area contributed by atoms with E-state index in [-0.39, 0.29) is 5.91 Å². The van der Waals surface area contributed by atoms with Gasteiger partial charge in [0.25, 0.3) is 5.91 Å². The van der Waals surface area contributed by atoms with Crippen LogP contribution in [0.5, 0.6) is 5.75 Å². The predicted octanol–water partition coefficient (Wildman–Crippen LogP) is 6.60. The Labute approximate surface area is 203 Å². The van der Waals surface area contributed by atoms with E-state index in [9.17, 15) is 4.79 Å². The highest BCUT2D eigenvalue weighted by atomic mass is 16.5. The fourth-order valence-corrected chi connectivity index (χ4v) is 3.95. The third-order valence-electron chi connectivity index (χ3n) is 6.38. The first-order valence-corrected chi connectivity index (χ1v) is 12.2. The molecule has 1 aliphatic heterocycles. The van der Waals surface area contributed by atoms with Gasteiger partial charge in [-0.3, -0.25) is 4.79 Å². The van der Waals surface area contributed by atoms with Crippen LogP contribution in [0.2, 0.25) is 0 Å². The monoisotopic (exact) mass is 454 g/mol. The van der Waals surface area contributed by atoms with E-state index in [0.717, 1.165) is 46.8 Å². The highest BCUT2D eigenvalue weighted by Crippen LogP contribution is 2.31. The maximum absolute atomic E-state index is 13.0. The zero-order valence-electron chi connectivity index (χ0n) is 20.4. The second-order valence-corrected chi connectivity index (χ2v) is 9.18. The van der Waals surface area contributed by atoms with Gasteiger partial charge in [0.1, 0.15) is 5.75 Å². The van der Waals surface area contributed by atoms with Crippen molar-refractivity contribution in [3.05, 3.63) is 89.0 Å². The van der Waals surface area contributed by atoms with Crippen LogP contribution in [0.3, 0.4) is 0 Å². The van der Waals surface area contributed by atoms with Gasteiger partial charge in [0.15, 0.2) is 0 Å². The number of carbonyl (C=O) groups excluding carboxylic acids is 1. The number of aryl methyl sites for hydroxylation is 1. The van der Waals surface area contributed by atoms with Crippen molar-refractivity contribution in [1.82, 2.24) is 5.32 Å². The second-order valence-electron chi connectivity index (χ2n) is 9.18. The molecule has 1 atom stereocenters. The Kier molecular flexibility index (Phi) is 7.81. The molecule has 176 valence electrons. The Balaban J connectivity index is 1.44. The molecule has 4 heteroatoms. The number of benzene rings is 3. The third kappa shape index (κ3) is 6.15. The van der Waals surface area contributed by atoms with E-state index in [4.69, 9.17) is 4.74 Å². The first-order chi connectivity index (χ1) is 16.5. The van der Waals surface area contributed by atoms with Crippen molar-refractivity contribution in [1.29, 1.82) is 0 Å². The Bertz CT molecular complexity index is 1150. The Morgan fingerprint density at radius 3 is 2.47 bits per heavy atom. The minimum atomic E-state index is -0.0835. The summed E-state index contributed by atoms with van der Waals surface area (Å²) < 4.78 is 5.93. The van der Waals surface area contributed by atoms with Crippen molar-refractivity contribution in [2.75, 3.05) is 18.5 Å². The summed E-state index contributed by atoms with van der Waals surface area (Å²) in [5, 5.41) is 6.54. The zero-order valence-corrected chi connectivity index (χ0v) is 20.4. The zero-order chi connectivity index (χ0) is 23.9. The molecule has 0 radical (unpaired) electrons. The van der Waals surface area contributed by atoms with Crippen LogP contribution in [0.4, 0.5) is 5.69 Å². The van der Waals surface area contributed by atoms with Gasteiger partial charge in [-0.05, 0) is 66.4 Å². The minimum absolute atomic E-state index is 0.0835. The van der Waals surface area contributed by atoms with Gasteiger partial charge >= 0.3 is 0 Å². The molecule has 34 heavy (non-hydrogen) atoms. The summed E-state index contributed by atoms with van der Waals surface area (Å²) in [6.07, 6.45) is 3.71. The van der Waals surface area contributed by atoms with E-state index >= 15 is 0 Å². The fraction of sp³-hybridized carbons (Fsp3) is 0.300. The molecule has 3 aromatic carbocycles. The van der Waals surface area contributed by atoms with Gasteiger partial charge in [-0.25, -0.2) is 0 Å². The Morgan fingerprint density at radius 1 is 1.00 bits per heavy atom. The van der Waals surface area contributed by atoms with Gasteiger partial charge in [0.05, 0.1) is 6.61 Å². The van der Waals surface area contributed by atoms with Crippen molar-refractivity contribution < 1.29 is 9.53 Å². The van der Waals surface area contributed by atoms with Gasteiger partial charge in [-0.15, -0.1) is 0 Å². The van der Waals surface area contributed by atoms with E-state index in [1.54, 1.807) is 0 Å². The van der Waals surface area contributed by atoms with Gasteiger partial charge in [-0.2, -0.15) is 0 Å². The number of hydrogen-bond donors (Lipinski definition) is 2. The number of fused-ring (bicyclic) bond motifs is 1. The number of nitrogens with one attached hydrogen (secondary N) is 2. The van der Waals surface area contributed by atoms with E-state index in [1.165, 1.54) is 17.5 Å². The number of anilines is 1. The summed E-state index contributed by atoms with van der Waals surface area (Å²) in [7, 11) is 0. The van der Waals surface area contributed by atoms with Crippen LogP contribution in [-0.4, -0.2) is 19.1 Å². The molecule has 1 heterocycles. The van der Waals surface area contributed by atoms with Crippen molar-refractivity contribution in [2.24, 2.45) is 5.92 Å². The van der Waals surface area contributed by atoms with Gasteiger partial charge < -0.3 is 15.4 Å². The second kappa shape index (κ2) is 11.2. The molecule has 0 spiro atoms. The predicted molar refractivity (Wildman–Crippen MR) is 141 cm³/mol. The molecule has 4 rings (SSSR count). The van der Waals surface area contributed by atoms with Crippen LogP contribution in [-0.2, 0) is 11.3 Å². The van der Waals surface area contributed by atoms with Crippen LogP contribution in [0.25, 0.3) is 17.2 Å². The lowest BCUT2D eigenvalue weighted by Crippen LogP contribution is -2.20. The van der Waals surface area contributed by atoms with E-state index in [0.29, 0.717) is 18.9 Å². The molecule has 1 aliphatic rings. The van der Waals surface area contributed by atoms with Crippen LogP contribution < -0.4 is 15.4 Å². The van der Waals surface area contributed by atoms with Gasteiger partial charge in [0.2, 0.25) is 0 Å². The quantitative estimate of drug-likeness (QED) is 0.403. The third-order valence-corrected chi connectivity index (χ3v) is 6.38. The Hall–Kier alpha value is -3.37. The normalized spacial score (nSPS) is 13.8. The SMILES string of the molecule is CCC(C)CNCc1ccc(NC(=O)C2=Cc3cc(-c4ccc(C)cc4)ccc3OCC2)cc1. The molecule has 4 nitrogen and oxygen atoms in total. The molecule has 0 saturated carbocycles. The molecule has 3 aromatic rings. The molecule has 0 fully saturated rings. The van der Waals surface area contributed by atoms with Crippen molar-refractivity contribution in [2.45, 2.75) is 40.2 Å². The van der Waals surface area contributed by atoms with E-state index in [2.05, 4.69) is 79.9 Å². The van der Waals surface area contributed by atoms with Gasteiger partial charge in [0, 0.05) is 29.8 Å². The smallest absolute Gasteiger partial charge is 0.251 e. The molecule has 0 aromatic heterocycles. The van der Waals surface area contributed by atoms with Crippen LogP contribution in [0.1, 0.15) is 43.4 Å². The first-order valence-electron chi connectivity index (χ1n) is 12.2. The van der Waals surface area contributed by atoms with Gasteiger partial charge in [-0.1, -0.05) is 68.3 Å². The van der Waals surface area contributed by atoms with Crippen molar-refractivity contribution in [3.8, 4) is 16.9 Å². The van der Waals surface area contributed by atoms with Crippen LogP contribution >= 0.6 is 0 Å². The van der Waals surface area contributed by atoms with Crippen molar-refractivity contribution >= 4 is 17.7 Å². The highest BCUT2D eigenvalue weighted by Gasteiger charge is 2.16. The summed E-state index contributed by atoms with van der Waals surface area (Å²) in [5.74, 6) is 1.40. The summed E-state index contributed by atoms with van der Waals surface area (Å²) in [6.45, 7) is 8.87. The minimum Gasteiger partial charge on any atom is -0.493 e. The topological polar surface area (TPSA) is 50.4 Å². The Morgan fingerprint density at radius 2 is 1.74 bits per heavy atom. The number of rotatable bonds is 8. The van der Waals surface area contributed by atoms with Crippen LogP contribution in [0, 0.1) is 12.8 Å². The lowest BCUT2D eigenvalue weighted by molar-refractivity contribution is -0.113. The average molecular weight is 455 g/mol. The molecule has 0 aliphatic carbocycles. The molecule has 2 N–H and O–H groups in total. The molecule has 1 amide bonds. The maximum Gasteiger partial charge on any atom is 0.251 e. The summed E-state index contributed by atoms with van der Waals surface area (Å²) in [5.41, 5.74) is 7.16. The summed E-state index contributed by atoms with van der Waals surface area (Å²) in [6, 6.07) is 22.7. The van der Waals surface area contributed by atoms with E-state index < -0.39 is 0 Å². The number of hydrogen-bond acceptors (Lipinski definition) is 3. The molecular weight excluding hydrogens is 420 g/mol. The summed E-state index contributed by atoms with van der Waals surface area (Å²) in [4.78, 5) is 13.0. The maximum atomic E-state index is 13.0. The molecule has 0 bridgehead atoms. The van der Waals surface area contributed by atoms with Crippen molar-refractivity contribution in [3.63, 3.8) is 0 Å². The number of carbonyl (C=O) groups is 1. The molecule has 1 unspecified atom stereocenters. The summed E-state index contributed by atoms with van der Waals surface area (Å²) >= 11 is 0. The lowest BCUT2D eigenvalue weighted by Gasteiger charge is -2.11. The molecule has 0 saturated heterocycles. The first kappa shape index (κ1) is 23.8. The largest absolute Gasteiger partial charge is 0.493 e. The highest BCUT2D eigenvalue weighted by molar-refractivity contribution is 6.07. The number of amides is 1. The molecular formula is C30H34N2O2. The standard InChI is InChI=1S/C30H34N2O2/c1-4-21(2)19-31-20-23-7-12-28(13-8-23)32-30(33)26-15-16-34-29-14-11-25(17-27(29)18-26)24-9-5-22(3)6-10-24/h5-14,17-18,21,31H,4,15-16,19-20H2,1-3H3,(H,32,33). The van der Waals surface area contributed by atoms with Crippen LogP contribution in [0.15, 0.2) is 72.3 Å². The number of ether oxygens (including phenoxy) is 1.